The fourth-order valence-electron chi connectivity index (χ4n) is 1.66. The third kappa shape index (κ3) is 2.98. The molecule has 0 saturated heterocycles. The number of benzene rings is 1. The molecule has 96 valence electrons. The van der Waals surface area contributed by atoms with Crippen molar-refractivity contribution >= 4 is 17.5 Å². The van der Waals surface area contributed by atoms with Gasteiger partial charge in [0.15, 0.2) is 6.61 Å². The molecule has 6 heteroatoms. The van der Waals surface area contributed by atoms with Crippen LogP contribution in [0.2, 0.25) is 0 Å². The molecule has 0 aromatic heterocycles. The summed E-state index contributed by atoms with van der Waals surface area (Å²) >= 11 is 0. The first kappa shape index (κ1) is 12.4. The maximum atomic E-state index is 11.3. The van der Waals surface area contributed by atoms with E-state index in [4.69, 9.17) is 10.5 Å². The summed E-state index contributed by atoms with van der Waals surface area (Å²) in [5, 5.41) is 5.46. The third-order valence-electron chi connectivity index (χ3n) is 2.54. The van der Waals surface area contributed by atoms with Crippen LogP contribution in [0.4, 0.5) is 5.69 Å². The molecule has 0 spiro atoms. The van der Waals surface area contributed by atoms with Gasteiger partial charge in [-0.3, -0.25) is 9.59 Å². The number of amides is 2. The molecule has 1 heterocycles. The number of hydrogen-bond donors (Lipinski definition) is 3. The smallest absolute Gasteiger partial charge is 0.262 e. The van der Waals surface area contributed by atoms with Crippen molar-refractivity contribution in [3.8, 4) is 5.75 Å². The summed E-state index contributed by atoms with van der Waals surface area (Å²) in [5.74, 6) is 0.383. The molecule has 4 N–H and O–H groups in total. The fraction of sp³-hybridized carbons (Fsp3) is 0.333. The molecule has 1 aliphatic heterocycles. The van der Waals surface area contributed by atoms with E-state index in [1.807, 2.05) is 6.07 Å². The SMILES string of the molecule is NCCC(=O)NCc1ccc2c(c1)NC(=O)CO2. The van der Waals surface area contributed by atoms with Gasteiger partial charge in [-0.2, -0.15) is 0 Å². The van der Waals surface area contributed by atoms with Gasteiger partial charge in [-0.05, 0) is 17.7 Å². The molecule has 1 aromatic carbocycles. The Morgan fingerprint density at radius 1 is 1.50 bits per heavy atom. The lowest BCUT2D eigenvalue weighted by Gasteiger charge is -2.18. The molecule has 1 aliphatic rings. The summed E-state index contributed by atoms with van der Waals surface area (Å²) in [4.78, 5) is 22.4. The van der Waals surface area contributed by atoms with Gasteiger partial charge in [-0.1, -0.05) is 6.07 Å². The van der Waals surface area contributed by atoms with Crippen LogP contribution in [0.25, 0.3) is 0 Å². The van der Waals surface area contributed by atoms with Crippen molar-refractivity contribution in [3.05, 3.63) is 23.8 Å². The van der Waals surface area contributed by atoms with Crippen LogP contribution in [0.15, 0.2) is 18.2 Å². The highest BCUT2D eigenvalue weighted by Crippen LogP contribution is 2.28. The van der Waals surface area contributed by atoms with Crippen LogP contribution in [0.1, 0.15) is 12.0 Å². The average Bonchev–Trinajstić information content (AvgIpc) is 2.36. The largest absolute Gasteiger partial charge is 0.482 e. The number of hydrogen-bond acceptors (Lipinski definition) is 4. The topological polar surface area (TPSA) is 93.5 Å². The first-order valence-electron chi connectivity index (χ1n) is 5.71. The highest BCUT2D eigenvalue weighted by molar-refractivity contribution is 5.95. The van der Waals surface area contributed by atoms with Gasteiger partial charge in [0.25, 0.3) is 5.91 Å². The summed E-state index contributed by atoms with van der Waals surface area (Å²) in [6.45, 7) is 0.779. The highest BCUT2D eigenvalue weighted by atomic mass is 16.5. The van der Waals surface area contributed by atoms with Crippen molar-refractivity contribution in [1.82, 2.24) is 5.32 Å². The molecule has 6 nitrogen and oxygen atoms in total. The van der Waals surface area contributed by atoms with Gasteiger partial charge in [0.05, 0.1) is 5.69 Å². The van der Waals surface area contributed by atoms with E-state index in [2.05, 4.69) is 10.6 Å². The third-order valence-corrected chi connectivity index (χ3v) is 2.54. The number of carbonyl (C=O) groups is 2. The van der Waals surface area contributed by atoms with E-state index >= 15 is 0 Å². The zero-order valence-corrected chi connectivity index (χ0v) is 9.86. The van der Waals surface area contributed by atoms with Gasteiger partial charge >= 0.3 is 0 Å². The van der Waals surface area contributed by atoms with Crippen molar-refractivity contribution < 1.29 is 14.3 Å². The van der Waals surface area contributed by atoms with Gasteiger partial charge in [0.1, 0.15) is 5.75 Å². The van der Waals surface area contributed by atoms with Crippen molar-refractivity contribution in [2.24, 2.45) is 5.73 Å². The predicted molar refractivity (Wildman–Crippen MR) is 66.1 cm³/mol. The number of nitrogens with two attached hydrogens (primary N) is 1. The molecule has 0 fully saturated rings. The molecular weight excluding hydrogens is 234 g/mol. The fourth-order valence-corrected chi connectivity index (χ4v) is 1.66. The van der Waals surface area contributed by atoms with Crippen molar-refractivity contribution in [1.29, 1.82) is 0 Å². The number of rotatable bonds is 4. The Labute approximate surface area is 104 Å². The maximum Gasteiger partial charge on any atom is 0.262 e. The summed E-state index contributed by atoms with van der Waals surface area (Å²) in [6, 6.07) is 5.41. The van der Waals surface area contributed by atoms with Gasteiger partial charge in [-0.15, -0.1) is 0 Å². The number of carbonyl (C=O) groups excluding carboxylic acids is 2. The lowest BCUT2D eigenvalue weighted by Crippen LogP contribution is -2.26. The van der Waals surface area contributed by atoms with Crippen molar-refractivity contribution in [2.75, 3.05) is 18.5 Å². The minimum atomic E-state index is -0.174. The molecule has 0 radical (unpaired) electrons. The Hall–Kier alpha value is -2.08. The highest BCUT2D eigenvalue weighted by Gasteiger charge is 2.15. The average molecular weight is 249 g/mol. The Balaban J connectivity index is 2.00. The molecule has 18 heavy (non-hydrogen) atoms. The molecule has 0 unspecified atom stereocenters. The summed E-state index contributed by atoms with van der Waals surface area (Å²) in [7, 11) is 0. The zero-order valence-electron chi connectivity index (χ0n) is 9.86. The number of ether oxygens (including phenoxy) is 1. The lowest BCUT2D eigenvalue weighted by molar-refractivity contribution is -0.121. The Morgan fingerprint density at radius 2 is 2.33 bits per heavy atom. The first-order chi connectivity index (χ1) is 8.69. The number of anilines is 1. The normalized spacial score (nSPS) is 13.3. The van der Waals surface area contributed by atoms with Crippen LogP contribution in [0.5, 0.6) is 5.75 Å². The van der Waals surface area contributed by atoms with E-state index < -0.39 is 0 Å². The van der Waals surface area contributed by atoms with E-state index in [1.165, 1.54) is 0 Å². The minimum Gasteiger partial charge on any atom is -0.482 e. The molecule has 0 aliphatic carbocycles. The van der Waals surface area contributed by atoms with Gasteiger partial charge in [0, 0.05) is 19.5 Å². The van der Waals surface area contributed by atoms with E-state index in [0.29, 0.717) is 30.9 Å². The van der Waals surface area contributed by atoms with Gasteiger partial charge in [0.2, 0.25) is 5.91 Å². The van der Waals surface area contributed by atoms with Crippen molar-refractivity contribution in [3.63, 3.8) is 0 Å². The minimum absolute atomic E-state index is 0.0413. The van der Waals surface area contributed by atoms with Crippen LogP contribution in [0, 0.1) is 0 Å². The number of nitrogens with one attached hydrogen (secondary N) is 2. The standard InChI is InChI=1S/C12H15N3O3/c13-4-3-11(16)14-6-8-1-2-10-9(5-8)15-12(17)7-18-10/h1-2,5H,3-4,6-7,13H2,(H,14,16)(H,15,17). The van der Waals surface area contributed by atoms with Gasteiger partial charge < -0.3 is 21.1 Å². The summed E-state index contributed by atoms with van der Waals surface area (Å²) < 4.78 is 5.24. The second-order valence-electron chi connectivity index (χ2n) is 3.98. The van der Waals surface area contributed by atoms with Crippen LogP contribution in [-0.2, 0) is 16.1 Å². The molecule has 0 atom stereocenters. The van der Waals surface area contributed by atoms with E-state index in [9.17, 15) is 9.59 Å². The van der Waals surface area contributed by atoms with Crippen LogP contribution in [0.3, 0.4) is 0 Å². The second kappa shape index (κ2) is 5.50. The lowest BCUT2D eigenvalue weighted by atomic mass is 10.1. The molecule has 0 saturated carbocycles. The monoisotopic (exact) mass is 249 g/mol. The number of fused-ring (bicyclic) bond motifs is 1. The molecule has 2 amide bonds. The second-order valence-corrected chi connectivity index (χ2v) is 3.98. The maximum absolute atomic E-state index is 11.3. The summed E-state index contributed by atoms with van der Waals surface area (Å²) in [6.07, 6.45) is 0.310. The van der Waals surface area contributed by atoms with E-state index in [1.54, 1.807) is 12.1 Å². The van der Waals surface area contributed by atoms with Crippen LogP contribution < -0.4 is 21.1 Å². The predicted octanol–water partition coefficient (Wildman–Crippen LogP) is -0.0175. The van der Waals surface area contributed by atoms with Crippen LogP contribution in [-0.4, -0.2) is 25.0 Å². The summed E-state index contributed by atoms with van der Waals surface area (Å²) in [5.41, 5.74) is 6.81. The molecule has 2 rings (SSSR count). The molecule has 0 bridgehead atoms. The quantitative estimate of drug-likeness (QED) is 0.699. The van der Waals surface area contributed by atoms with Crippen LogP contribution >= 0.6 is 0 Å². The first-order valence-corrected chi connectivity index (χ1v) is 5.71. The Morgan fingerprint density at radius 3 is 3.11 bits per heavy atom. The van der Waals surface area contributed by atoms with Gasteiger partial charge in [-0.25, -0.2) is 0 Å². The van der Waals surface area contributed by atoms with E-state index in [0.717, 1.165) is 5.56 Å². The zero-order chi connectivity index (χ0) is 13.0. The van der Waals surface area contributed by atoms with Crippen molar-refractivity contribution in [2.45, 2.75) is 13.0 Å². The molecular formula is C12H15N3O3. The molecule has 1 aromatic rings. The Bertz CT molecular complexity index is 474. The van der Waals surface area contributed by atoms with E-state index in [-0.39, 0.29) is 18.4 Å². The Kier molecular flexibility index (Phi) is 3.78.